The molecule has 0 amide bonds. The van der Waals surface area contributed by atoms with Crippen molar-refractivity contribution in [2.75, 3.05) is 25.0 Å². The maximum absolute atomic E-state index is 12.7. The molecule has 1 aromatic rings. The summed E-state index contributed by atoms with van der Waals surface area (Å²) in [6, 6.07) is 1.47. The number of hydrogen-bond donors (Lipinski definition) is 1. The lowest BCUT2D eigenvalue weighted by atomic mass is 10.4. The topological polar surface area (TPSA) is 62.3 Å². The Morgan fingerprint density at radius 1 is 1.43 bits per heavy atom. The lowest BCUT2D eigenvalue weighted by Gasteiger charge is -2.33. The van der Waals surface area contributed by atoms with Crippen LogP contribution in [-0.2, 0) is 10.0 Å². The van der Waals surface area contributed by atoms with Gasteiger partial charge in [-0.25, -0.2) is 13.4 Å². The lowest BCUT2D eigenvalue weighted by Crippen LogP contribution is -2.43. The predicted octanol–water partition coefficient (Wildman–Crippen LogP) is 2.68. The Morgan fingerprint density at radius 3 is 2.57 bits per heavy atom. The number of nitrogens with zero attached hydrogens (tertiary/aromatic N) is 2. The molecule has 1 fully saturated rings. The molecule has 0 spiro atoms. The van der Waals surface area contributed by atoms with Crippen molar-refractivity contribution in [3.63, 3.8) is 0 Å². The minimum absolute atomic E-state index is 0.153. The van der Waals surface area contributed by atoms with E-state index in [0.717, 1.165) is 0 Å². The quantitative estimate of drug-likeness (QED) is 0.905. The molecule has 1 N–H and O–H groups in total. The molecule has 1 aliphatic rings. The Hall–Kier alpha value is -0.500. The van der Waals surface area contributed by atoms with Crippen LogP contribution in [-0.4, -0.2) is 47.8 Å². The molecule has 8 heteroatoms. The largest absolute Gasteiger partial charge is 0.369 e. The van der Waals surface area contributed by atoms with Crippen LogP contribution in [0.2, 0.25) is 5.02 Å². The highest BCUT2D eigenvalue weighted by molar-refractivity contribution is 8.00. The van der Waals surface area contributed by atoms with Gasteiger partial charge >= 0.3 is 0 Å². The standard InChI is InChI=1S/C13H20ClN3O2S2/c1-4-15-13-12(14)5-11(6-16-13)21(18,19)17-7-9(2)20-10(3)8-17/h5-6,9-10H,4,7-8H2,1-3H3,(H,15,16). The number of nitrogens with one attached hydrogen (secondary N) is 1. The van der Waals surface area contributed by atoms with E-state index in [2.05, 4.69) is 10.3 Å². The number of halogens is 1. The number of hydrogen-bond acceptors (Lipinski definition) is 5. The van der Waals surface area contributed by atoms with Crippen molar-refractivity contribution in [1.29, 1.82) is 0 Å². The molecular weight excluding hydrogens is 330 g/mol. The van der Waals surface area contributed by atoms with Gasteiger partial charge in [0.2, 0.25) is 10.0 Å². The highest BCUT2D eigenvalue weighted by atomic mass is 35.5. The zero-order chi connectivity index (χ0) is 15.6. The van der Waals surface area contributed by atoms with Crippen molar-refractivity contribution in [2.45, 2.75) is 36.2 Å². The number of anilines is 1. The minimum Gasteiger partial charge on any atom is -0.369 e. The summed E-state index contributed by atoms with van der Waals surface area (Å²) in [5.74, 6) is 0.508. The zero-order valence-electron chi connectivity index (χ0n) is 12.3. The van der Waals surface area contributed by atoms with Gasteiger partial charge < -0.3 is 5.32 Å². The third-order valence-electron chi connectivity index (χ3n) is 3.18. The summed E-state index contributed by atoms with van der Waals surface area (Å²) in [7, 11) is -3.54. The van der Waals surface area contributed by atoms with Crippen molar-refractivity contribution < 1.29 is 8.42 Å². The molecule has 1 aromatic heterocycles. The number of aromatic nitrogens is 1. The summed E-state index contributed by atoms with van der Waals surface area (Å²) >= 11 is 7.91. The predicted molar refractivity (Wildman–Crippen MR) is 88.7 cm³/mol. The Kier molecular flexibility index (Phi) is 5.40. The minimum atomic E-state index is -3.54. The van der Waals surface area contributed by atoms with Crippen LogP contribution in [0.4, 0.5) is 5.82 Å². The van der Waals surface area contributed by atoms with Crippen LogP contribution in [0.1, 0.15) is 20.8 Å². The fourth-order valence-corrected chi connectivity index (χ4v) is 5.74. The van der Waals surface area contributed by atoms with Gasteiger partial charge in [0.1, 0.15) is 10.7 Å². The average molecular weight is 350 g/mol. The van der Waals surface area contributed by atoms with Crippen LogP contribution in [0.15, 0.2) is 17.2 Å². The lowest BCUT2D eigenvalue weighted by molar-refractivity contribution is 0.404. The molecule has 2 rings (SSSR count). The first-order valence-electron chi connectivity index (χ1n) is 6.89. The summed E-state index contributed by atoms with van der Waals surface area (Å²) in [6.45, 7) is 7.73. The van der Waals surface area contributed by atoms with Crippen molar-refractivity contribution >= 4 is 39.2 Å². The maximum atomic E-state index is 12.7. The van der Waals surface area contributed by atoms with Crippen LogP contribution >= 0.6 is 23.4 Å². The molecule has 1 aliphatic heterocycles. The molecule has 2 heterocycles. The van der Waals surface area contributed by atoms with E-state index in [1.165, 1.54) is 16.6 Å². The highest BCUT2D eigenvalue weighted by Gasteiger charge is 2.32. The van der Waals surface area contributed by atoms with Gasteiger partial charge in [0, 0.05) is 36.3 Å². The van der Waals surface area contributed by atoms with E-state index in [0.29, 0.717) is 30.5 Å². The average Bonchev–Trinajstić information content (AvgIpc) is 2.40. The SMILES string of the molecule is CCNc1ncc(S(=O)(=O)N2CC(C)SC(C)C2)cc1Cl. The molecule has 21 heavy (non-hydrogen) atoms. The van der Waals surface area contributed by atoms with E-state index in [4.69, 9.17) is 11.6 Å². The van der Waals surface area contributed by atoms with E-state index >= 15 is 0 Å². The monoisotopic (exact) mass is 349 g/mol. The smallest absolute Gasteiger partial charge is 0.244 e. The van der Waals surface area contributed by atoms with Gasteiger partial charge in [-0.05, 0) is 13.0 Å². The second kappa shape index (κ2) is 6.73. The van der Waals surface area contributed by atoms with E-state index in [1.54, 1.807) is 0 Å². The van der Waals surface area contributed by atoms with E-state index < -0.39 is 10.0 Å². The van der Waals surface area contributed by atoms with Crippen molar-refractivity contribution in [3.05, 3.63) is 17.3 Å². The van der Waals surface area contributed by atoms with E-state index in [9.17, 15) is 8.42 Å². The van der Waals surface area contributed by atoms with Crippen LogP contribution < -0.4 is 5.32 Å². The Bertz CT molecular complexity index is 599. The number of rotatable bonds is 4. The molecule has 0 aromatic carbocycles. The van der Waals surface area contributed by atoms with Crippen molar-refractivity contribution in [1.82, 2.24) is 9.29 Å². The van der Waals surface area contributed by atoms with E-state index in [1.807, 2.05) is 32.5 Å². The summed E-state index contributed by atoms with van der Waals surface area (Å²) in [6.07, 6.45) is 1.37. The summed E-state index contributed by atoms with van der Waals surface area (Å²) in [5.41, 5.74) is 0. The Labute approximate surface area is 135 Å². The third kappa shape index (κ3) is 3.83. The molecule has 0 aliphatic carbocycles. The van der Waals surface area contributed by atoms with Gasteiger partial charge in [-0.2, -0.15) is 16.1 Å². The fourth-order valence-electron chi connectivity index (χ4n) is 2.33. The fraction of sp³-hybridized carbons (Fsp3) is 0.615. The van der Waals surface area contributed by atoms with Crippen LogP contribution in [0.5, 0.6) is 0 Å². The molecule has 0 bridgehead atoms. The van der Waals surface area contributed by atoms with Gasteiger partial charge in [0.05, 0.1) is 5.02 Å². The van der Waals surface area contributed by atoms with Crippen LogP contribution in [0, 0.1) is 0 Å². The Morgan fingerprint density at radius 2 is 2.05 bits per heavy atom. The molecule has 2 unspecified atom stereocenters. The van der Waals surface area contributed by atoms with Gasteiger partial charge in [0.25, 0.3) is 0 Å². The normalized spacial score (nSPS) is 24.0. The second-order valence-electron chi connectivity index (χ2n) is 5.11. The summed E-state index contributed by atoms with van der Waals surface area (Å²) in [4.78, 5) is 4.27. The first kappa shape index (κ1) is 16.9. The van der Waals surface area contributed by atoms with Crippen LogP contribution in [0.25, 0.3) is 0 Å². The third-order valence-corrected chi connectivity index (χ3v) is 6.50. The number of pyridine rings is 1. The van der Waals surface area contributed by atoms with E-state index in [-0.39, 0.29) is 15.4 Å². The van der Waals surface area contributed by atoms with Gasteiger partial charge in [-0.15, -0.1) is 0 Å². The second-order valence-corrected chi connectivity index (χ2v) is 9.34. The summed E-state index contributed by atoms with van der Waals surface area (Å²) < 4.78 is 26.9. The maximum Gasteiger partial charge on any atom is 0.244 e. The molecule has 118 valence electrons. The van der Waals surface area contributed by atoms with Crippen LogP contribution in [0.3, 0.4) is 0 Å². The van der Waals surface area contributed by atoms with Gasteiger partial charge in [-0.3, -0.25) is 0 Å². The molecular formula is C13H20ClN3O2S2. The number of sulfonamides is 1. The van der Waals surface area contributed by atoms with Gasteiger partial charge in [0.15, 0.2) is 0 Å². The zero-order valence-corrected chi connectivity index (χ0v) is 14.7. The molecule has 0 saturated carbocycles. The summed E-state index contributed by atoms with van der Waals surface area (Å²) in [5, 5.41) is 3.89. The van der Waals surface area contributed by atoms with Gasteiger partial charge in [-0.1, -0.05) is 25.4 Å². The van der Waals surface area contributed by atoms with Crippen molar-refractivity contribution in [3.8, 4) is 0 Å². The number of thioether (sulfide) groups is 1. The molecule has 0 radical (unpaired) electrons. The molecule has 5 nitrogen and oxygen atoms in total. The highest BCUT2D eigenvalue weighted by Crippen LogP contribution is 2.30. The van der Waals surface area contributed by atoms with Crippen molar-refractivity contribution in [2.24, 2.45) is 0 Å². The Balaban J connectivity index is 2.29. The first-order valence-corrected chi connectivity index (χ1v) is 9.65. The molecule has 2 atom stereocenters. The molecule has 1 saturated heterocycles. The first-order chi connectivity index (χ1) is 9.84.